The third-order valence-electron chi connectivity index (χ3n) is 23.9. The van der Waals surface area contributed by atoms with Crippen molar-refractivity contribution in [1.82, 2.24) is 68.6 Å². The Kier molecular flexibility index (Phi) is 93.0. The number of hydrogen-bond acceptors (Lipinski definition) is 30. The second kappa shape index (κ2) is 93.9. The molecule has 30 heteroatoms. The minimum atomic E-state index is 0.722. The van der Waals surface area contributed by atoms with Crippen LogP contribution in [0.2, 0.25) is 0 Å². The summed E-state index contributed by atoms with van der Waals surface area (Å²) < 4.78 is 0. The van der Waals surface area contributed by atoms with Crippen molar-refractivity contribution in [3.63, 3.8) is 0 Å². The van der Waals surface area contributed by atoms with Crippen LogP contribution >= 0.6 is 0 Å². The Morgan fingerprint density at radius 2 is 0.125 bits per heavy atom. The van der Waals surface area contributed by atoms with Crippen LogP contribution in [0, 0.1) is 0 Å². The van der Waals surface area contributed by atoms with Crippen molar-refractivity contribution in [3.8, 4) is 0 Å². The Morgan fingerprint density at radius 3 is 0.192 bits per heavy atom. The van der Waals surface area contributed by atoms with Crippen molar-refractivity contribution < 1.29 is 0 Å². The van der Waals surface area contributed by atoms with Crippen LogP contribution in [0.1, 0.15) is 205 Å². The van der Waals surface area contributed by atoms with E-state index in [9.17, 15) is 0 Å². The van der Waals surface area contributed by atoms with Crippen LogP contribution in [0.3, 0.4) is 0 Å². The van der Waals surface area contributed by atoms with Crippen molar-refractivity contribution in [3.05, 3.63) is 0 Å². The van der Waals surface area contributed by atoms with Crippen LogP contribution in [0.15, 0.2) is 0 Å². The van der Waals surface area contributed by atoms with E-state index in [1.165, 1.54) is 51.4 Å². The lowest BCUT2D eigenvalue weighted by Gasteiger charge is -2.30. The van der Waals surface area contributed by atoms with Gasteiger partial charge in [0.05, 0.1) is 0 Å². The molecule has 0 aliphatic carbocycles. The van der Waals surface area contributed by atoms with E-state index in [2.05, 4.69) is 68.6 Å². The van der Waals surface area contributed by atoms with Gasteiger partial charge in [0.25, 0.3) is 0 Å². The molecule has 0 aromatic rings. The second-order valence-electron chi connectivity index (χ2n) is 34.7. The third-order valence-corrected chi connectivity index (χ3v) is 23.9. The fourth-order valence-electron chi connectivity index (χ4n) is 17.0. The highest BCUT2D eigenvalue weighted by atomic mass is 15.2. The largest absolute Gasteiger partial charge is 0.330 e. The number of rotatable bonds is 103. The zero-order valence-electron chi connectivity index (χ0n) is 79.1. The topological polar surface area (TPSA) is 462 Å². The van der Waals surface area contributed by atoms with E-state index in [0.717, 1.165) is 534 Å². The fraction of sp³-hybridized carbons (Fsp3) is 1.00. The molecule has 0 aromatic heterocycles. The van der Waals surface area contributed by atoms with Gasteiger partial charge in [0.1, 0.15) is 0 Å². The van der Waals surface area contributed by atoms with Crippen LogP contribution in [0.5, 0.6) is 0 Å². The van der Waals surface area contributed by atoms with Gasteiger partial charge in [0.2, 0.25) is 0 Å². The first-order valence-corrected chi connectivity index (χ1v) is 50.3. The summed E-state index contributed by atoms with van der Waals surface area (Å²) in [6.45, 7) is 57.0. The molecule has 0 heterocycles. The average molecular weight is 1710 g/mol. The zero-order valence-corrected chi connectivity index (χ0v) is 79.1. The molecular formula is C90H212N30. The molecule has 0 radical (unpaired) electrons. The van der Waals surface area contributed by atoms with E-state index in [1.807, 2.05) is 0 Å². The summed E-state index contributed by atoms with van der Waals surface area (Å²) in [6, 6.07) is 0. The molecule has 722 valence electrons. The molecule has 0 fully saturated rings. The third kappa shape index (κ3) is 75.7. The lowest BCUT2D eigenvalue weighted by Crippen LogP contribution is -2.38. The van der Waals surface area contributed by atoms with Crippen molar-refractivity contribution in [2.75, 3.05) is 380 Å². The lowest BCUT2D eigenvalue weighted by molar-refractivity contribution is 0.178. The van der Waals surface area contributed by atoms with Crippen molar-refractivity contribution in [1.29, 1.82) is 0 Å². The SMILES string of the molecule is NCCCN(CCCN)CCCN(CCCN(CCCN)CCCN)CCCN(CCCCCCN(CCCN(CCCN(CCCN)CCCN)CCCN(CCCN)CCCN)CCCN(CCCN(CCCN)CCCN)CCCN(CCCN)CCCN)CCCN(CCCN(CCCN)CCCN)CCCN(CCCN)CCCN. The second-order valence-corrected chi connectivity index (χ2v) is 34.7. The van der Waals surface area contributed by atoms with Crippen LogP contribution in [0.4, 0.5) is 0 Å². The minimum Gasteiger partial charge on any atom is -0.330 e. The molecule has 30 nitrogen and oxygen atoms in total. The van der Waals surface area contributed by atoms with Crippen LogP contribution in [0.25, 0.3) is 0 Å². The highest BCUT2D eigenvalue weighted by Crippen LogP contribution is 2.14. The van der Waals surface area contributed by atoms with Gasteiger partial charge in [-0.3, -0.25) is 0 Å². The smallest absolute Gasteiger partial charge is 0.000653 e. The van der Waals surface area contributed by atoms with Gasteiger partial charge in [-0.25, -0.2) is 0 Å². The molecule has 0 amide bonds. The van der Waals surface area contributed by atoms with Gasteiger partial charge < -0.3 is 160 Å². The van der Waals surface area contributed by atoms with E-state index in [1.54, 1.807) is 0 Å². The maximum Gasteiger partial charge on any atom is -0.000653 e. The number of hydrogen-bond donors (Lipinski definition) is 16. The summed E-state index contributed by atoms with van der Waals surface area (Å²) in [5.41, 5.74) is 97.1. The fourth-order valence-corrected chi connectivity index (χ4v) is 17.0. The van der Waals surface area contributed by atoms with Crippen molar-refractivity contribution in [2.24, 2.45) is 91.7 Å². The first-order valence-electron chi connectivity index (χ1n) is 50.3. The van der Waals surface area contributed by atoms with Gasteiger partial charge >= 0.3 is 0 Å². The van der Waals surface area contributed by atoms with Crippen LogP contribution in [-0.2, 0) is 0 Å². The molecular weight excluding hydrogens is 1500 g/mol. The molecule has 0 atom stereocenters. The summed E-state index contributed by atoms with van der Waals surface area (Å²) in [4.78, 5) is 37.8. The quantitative estimate of drug-likeness (QED) is 0.0378. The standard InChI is InChI=1S/C90H212N30/c91-33-5-51-109(52-6-34-92)71-25-83-117(84-26-72-110(53-7-35-93)54-8-36-94)79-21-67-107(68-22-80-118(85-27-73-111(55-9-37-95)56-10-38-96)86-28-74-112(57-11-39-97)58-12-40-98)49-3-1-2-4-50-108(69-23-81-119(87-29-75-113(59-13-41-99)60-14-42-100)88-30-76-114(61-15-43-101)62-16-44-102)70-24-82-120(89-31-77-115(63-17-45-103)64-18-46-104)90-32-78-116(65-19-47-105)66-20-48-106/h1-106H2. The van der Waals surface area contributed by atoms with Crippen LogP contribution in [-0.4, -0.2) is 448 Å². The van der Waals surface area contributed by atoms with Gasteiger partial charge in [-0.15, -0.1) is 0 Å². The summed E-state index contributed by atoms with van der Waals surface area (Å²) in [7, 11) is 0. The average Bonchev–Trinajstić information content (AvgIpc) is 0.947. The Balaban J connectivity index is 7.47. The van der Waals surface area contributed by atoms with Gasteiger partial charge in [0.15, 0.2) is 0 Å². The monoisotopic (exact) mass is 1710 g/mol. The first-order chi connectivity index (χ1) is 59.0. The molecule has 32 N–H and O–H groups in total. The molecule has 0 spiro atoms. The van der Waals surface area contributed by atoms with Gasteiger partial charge in [-0.1, -0.05) is 12.8 Å². The number of nitrogens with zero attached hydrogens (tertiary/aromatic N) is 14. The highest BCUT2D eigenvalue weighted by Gasteiger charge is 2.19. The number of unbranched alkanes of at least 4 members (excludes halogenated alkanes) is 3. The first kappa shape index (κ1) is 119. The van der Waals surface area contributed by atoms with Gasteiger partial charge in [-0.05, 0) is 572 Å². The predicted octanol–water partition coefficient (Wildman–Crippen LogP) is 1.04. The predicted molar refractivity (Wildman–Crippen MR) is 523 cm³/mol. The summed E-state index contributed by atoms with van der Waals surface area (Å²) in [6.07, 6.45) is 35.2. The van der Waals surface area contributed by atoms with Crippen molar-refractivity contribution >= 4 is 0 Å². The zero-order chi connectivity index (χ0) is 87.7. The highest BCUT2D eigenvalue weighted by molar-refractivity contribution is 4.76. The molecule has 0 saturated heterocycles. The van der Waals surface area contributed by atoms with Crippen molar-refractivity contribution in [2.45, 2.75) is 205 Å². The maximum absolute atomic E-state index is 6.07. The Morgan fingerprint density at radius 1 is 0.0667 bits per heavy atom. The summed E-state index contributed by atoms with van der Waals surface area (Å²) in [5, 5.41) is 0. The lowest BCUT2D eigenvalue weighted by atomic mass is 10.1. The summed E-state index contributed by atoms with van der Waals surface area (Å²) in [5.74, 6) is 0. The molecule has 0 aliphatic heterocycles. The van der Waals surface area contributed by atoms with E-state index in [-0.39, 0.29) is 0 Å². The molecule has 0 bridgehead atoms. The Hall–Kier alpha value is -1.20. The summed E-state index contributed by atoms with van der Waals surface area (Å²) >= 11 is 0. The Bertz CT molecular complexity index is 1530. The molecule has 0 unspecified atom stereocenters. The Labute approximate surface area is 741 Å². The van der Waals surface area contributed by atoms with Crippen LogP contribution < -0.4 is 91.7 Å². The van der Waals surface area contributed by atoms with Gasteiger partial charge in [0, 0.05) is 0 Å². The van der Waals surface area contributed by atoms with E-state index in [4.69, 9.17) is 91.7 Å². The van der Waals surface area contributed by atoms with Gasteiger partial charge in [-0.2, -0.15) is 0 Å². The molecule has 0 rings (SSSR count). The maximum atomic E-state index is 6.07. The minimum absolute atomic E-state index is 0.722. The normalized spacial score (nSPS) is 12.6. The van der Waals surface area contributed by atoms with E-state index in [0.29, 0.717) is 0 Å². The van der Waals surface area contributed by atoms with E-state index >= 15 is 0 Å². The number of nitrogens with two attached hydrogens (primary N) is 16. The molecule has 0 saturated carbocycles. The molecule has 0 aliphatic rings. The van der Waals surface area contributed by atoms with E-state index < -0.39 is 0 Å². The molecule has 0 aromatic carbocycles. The molecule has 120 heavy (non-hydrogen) atoms.